The summed E-state index contributed by atoms with van der Waals surface area (Å²) in [6.45, 7) is 0. The number of hydrazine groups is 1. The molecule has 0 saturated carbocycles. The minimum Gasteiger partial charge on any atom is -0.480 e. The summed E-state index contributed by atoms with van der Waals surface area (Å²) in [5.74, 6) is -1.29. The highest BCUT2D eigenvalue weighted by atomic mass is 16.4. The summed E-state index contributed by atoms with van der Waals surface area (Å²) in [6, 6.07) is 4.80. The lowest BCUT2D eigenvalue weighted by Crippen LogP contribution is -2.39. The van der Waals surface area contributed by atoms with Gasteiger partial charge in [0.1, 0.15) is 6.04 Å². The van der Waals surface area contributed by atoms with E-state index in [1.54, 1.807) is 0 Å². The Bertz CT molecular complexity index is 575. The second-order valence-electron chi connectivity index (χ2n) is 5.12. The van der Waals surface area contributed by atoms with Gasteiger partial charge in [-0.2, -0.15) is 0 Å². The quantitative estimate of drug-likeness (QED) is 0.497. The van der Waals surface area contributed by atoms with Crippen LogP contribution in [0.3, 0.4) is 0 Å². The highest BCUT2D eigenvalue weighted by molar-refractivity contribution is 5.93. The number of rotatable bonds is 2. The Morgan fingerprint density at radius 2 is 2.10 bits per heavy atom. The van der Waals surface area contributed by atoms with Crippen LogP contribution in [-0.4, -0.2) is 29.2 Å². The number of fused-ring (bicyclic) bond motifs is 1. The molecule has 2 aliphatic heterocycles. The molecule has 2 heterocycles. The molecule has 3 atom stereocenters. The zero-order chi connectivity index (χ0) is 14.3. The van der Waals surface area contributed by atoms with Crippen molar-refractivity contribution in [3.05, 3.63) is 29.3 Å². The van der Waals surface area contributed by atoms with E-state index in [-0.39, 0.29) is 11.8 Å². The van der Waals surface area contributed by atoms with Crippen molar-refractivity contribution >= 4 is 17.6 Å². The van der Waals surface area contributed by atoms with Crippen molar-refractivity contribution in [1.29, 1.82) is 0 Å². The van der Waals surface area contributed by atoms with Gasteiger partial charge in [-0.05, 0) is 23.6 Å². The first-order chi connectivity index (χ1) is 9.56. The van der Waals surface area contributed by atoms with E-state index in [4.69, 9.17) is 5.73 Å². The molecule has 2 aliphatic rings. The van der Waals surface area contributed by atoms with Gasteiger partial charge in [-0.15, -0.1) is 0 Å². The molecule has 7 nitrogen and oxygen atoms in total. The van der Waals surface area contributed by atoms with Crippen LogP contribution >= 0.6 is 0 Å². The first-order valence-electron chi connectivity index (χ1n) is 6.48. The number of benzene rings is 1. The summed E-state index contributed by atoms with van der Waals surface area (Å²) in [6.07, 6.45) is 0.647. The fourth-order valence-electron chi connectivity index (χ4n) is 2.80. The van der Waals surface area contributed by atoms with Gasteiger partial charge in [0.25, 0.3) is 0 Å². The standard InChI is InChI=1S/C13H16N4O3/c14-12-10(11(13(19)20)16-17-12)7-1-3-8-6(5-7)2-4-9(18)15-8/h1,3,5,10-12,16-17H,2,4,14H2,(H,15,18)(H,19,20). The summed E-state index contributed by atoms with van der Waals surface area (Å²) < 4.78 is 0. The maximum Gasteiger partial charge on any atom is 0.322 e. The van der Waals surface area contributed by atoms with E-state index in [0.717, 1.165) is 16.8 Å². The average Bonchev–Trinajstić information content (AvgIpc) is 2.80. The Labute approximate surface area is 115 Å². The summed E-state index contributed by atoms with van der Waals surface area (Å²) >= 11 is 0. The van der Waals surface area contributed by atoms with Gasteiger partial charge in [0.2, 0.25) is 5.91 Å². The molecule has 7 heteroatoms. The summed E-state index contributed by atoms with van der Waals surface area (Å²) in [5, 5.41) is 12.0. The first-order valence-corrected chi connectivity index (χ1v) is 6.48. The molecular formula is C13H16N4O3. The van der Waals surface area contributed by atoms with Gasteiger partial charge in [0.15, 0.2) is 0 Å². The molecule has 1 aromatic rings. The van der Waals surface area contributed by atoms with Gasteiger partial charge in [-0.25, -0.2) is 10.9 Å². The molecule has 0 aromatic heterocycles. The number of carbonyl (C=O) groups is 2. The molecule has 1 aromatic carbocycles. The number of carbonyl (C=O) groups excluding carboxylic acids is 1. The Morgan fingerprint density at radius 3 is 2.85 bits per heavy atom. The van der Waals surface area contributed by atoms with Crippen LogP contribution in [0.25, 0.3) is 0 Å². The third-order valence-corrected chi connectivity index (χ3v) is 3.83. The fraction of sp³-hybridized carbons (Fsp3) is 0.385. The van der Waals surface area contributed by atoms with Gasteiger partial charge in [0, 0.05) is 18.0 Å². The van der Waals surface area contributed by atoms with Crippen LogP contribution < -0.4 is 21.9 Å². The van der Waals surface area contributed by atoms with Crippen LogP contribution in [0, 0.1) is 0 Å². The lowest BCUT2D eigenvalue weighted by atomic mass is 9.88. The Hall–Kier alpha value is -1.96. The van der Waals surface area contributed by atoms with Crippen molar-refractivity contribution < 1.29 is 14.7 Å². The molecule has 1 saturated heterocycles. The predicted molar refractivity (Wildman–Crippen MR) is 71.8 cm³/mol. The van der Waals surface area contributed by atoms with Crippen LogP contribution in [0.1, 0.15) is 23.5 Å². The van der Waals surface area contributed by atoms with E-state index in [2.05, 4.69) is 16.2 Å². The van der Waals surface area contributed by atoms with E-state index in [1.807, 2.05) is 18.2 Å². The largest absolute Gasteiger partial charge is 0.480 e. The number of hydrogen-bond donors (Lipinski definition) is 5. The van der Waals surface area contributed by atoms with Crippen LogP contribution in [0.5, 0.6) is 0 Å². The maximum absolute atomic E-state index is 11.3. The number of amides is 1. The van der Waals surface area contributed by atoms with Crippen molar-refractivity contribution in [3.63, 3.8) is 0 Å². The number of anilines is 1. The van der Waals surface area contributed by atoms with Crippen LogP contribution in [0.2, 0.25) is 0 Å². The maximum atomic E-state index is 11.3. The minimum atomic E-state index is -0.943. The first kappa shape index (κ1) is 13.0. The van der Waals surface area contributed by atoms with Gasteiger partial charge >= 0.3 is 5.97 Å². The highest BCUT2D eigenvalue weighted by Gasteiger charge is 2.39. The second-order valence-corrected chi connectivity index (χ2v) is 5.12. The second kappa shape index (κ2) is 4.86. The number of hydrogen-bond acceptors (Lipinski definition) is 5. The number of aryl methyl sites for hydroxylation is 1. The van der Waals surface area contributed by atoms with E-state index < -0.39 is 18.2 Å². The molecule has 3 rings (SSSR count). The lowest BCUT2D eigenvalue weighted by Gasteiger charge is -2.22. The van der Waals surface area contributed by atoms with E-state index >= 15 is 0 Å². The highest BCUT2D eigenvalue weighted by Crippen LogP contribution is 2.30. The van der Waals surface area contributed by atoms with Crippen molar-refractivity contribution in [2.45, 2.75) is 31.0 Å². The molecular weight excluding hydrogens is 260 g/mol. The fourth-order valence-corrected chi connectivity index (χ4v) is 2.80. The van der Waals surface area contributed by atoms with E-state index in [1.165, 1.54) is 0 Å². The normalized spacial score (nSPS) is 28.9. The topological polar surface area (TPSA) is 116 Å². The molecule has 0 bridgehead atoms. The molecule has 3 unspecified atom stereocenters. The summed E-state index contributed by atoms with van der Waals surface area (Å²) in [4.78, 5) is 22.6. The molecule has 0 spiro atoms. The number of aliphatic carboxylic acids is 1. The minimum absolute atomic E-state index is 0.00886. The van der Waals surface area contributed by atoms with Gasteiger partial charge in [-0.1, -0.05) is 12.1 Å². The Balaban J connectivity index is 1.94. The van der Waals surface area contributed by atoms with Crippen LogP contribution in [0.15, 0.2) is 18.2 Å². The zero-order valence-corrected chi connectivity index (χ0v) is 10.7. The summed E-state index contributed by atoms with van der Waals surface area (Å²) in [7, 11) is 0. The lowest BCUT2D eigenvalue weighted by molar-refractivity contribution is -0.139. The molecule has 1 fully saturated rings. The molecule has 0 aliphatic carbocycles. The Morgan fingerprint density at radius 1 is 1.30 bits per heavy atom. The number of nitrogens with two attached hydrogens (primary N) is 1. The molecule has 6 N–H and O–H groups in total. The molecule has 20 heavy (non-hydrogen) atoms. The Kier molecular flexibility index (Phi) is 3.17. The van der Waals surface area contributed by atoms with Crippen molar-refractivity contribution in [2.75, 3.05) is 5.32 Å². The third kappa shape index (κ3) is 2.15. The van der Waals surface area contributed by atoms with Gasteiger partial charge < -0.3 is 16.2 Å². The number of nitrogens with one attached hydrogen (secondary N) is 3. The smallest absolute Gasteiger partial charge is 0.322 e. The molecule has 1 amide bonds. The van der Waals surface area contributed by atoms with E-state index in [0.29, 0.717) is 12.8 Å². The SMILES string of the molecule is NC1NNC(C(=O)O)C1c1ccc2c(c1)CCC(=O)N2. The van der Waals surface area contributed by atoms with Gasteiger partial charge in [-0.3, -0.25) is 9.59 Å². The molecule has 106 valence electrons. The monoisotopic (exact) mass is 276 g/mol. The number of carboxylic acids is 1. The van der Waals surface area contributed by atoms with Crippen molar-refractivity contribution in [3.8, 4) is 0 Å². The van der Waals surface area contributed by atoms with Crippen LogP contribution in [0.4, 0.5) is 5.69 Å². The van der Waals surface area contributed by atoms with E-state index in [9.17, 15) is 14.7 Å². The predicted octanol–water partition coefficient (Wildman–Crippen LogP) is -0.499. The summed E-state index contributed by atoms with van der Waals surface area (Å²) in [5.41, 5.74) is 14.1. The third-order valence-electron chi connectivity index (χ3n) is 3.83. The van der Waals surface area contributed by atoms with Crippen molar-refractivity contribution in [1.82, 2.24) is 10.9 Å². The molecule has 0 radical (unpaired) electrons. The van der Waals surface area contributed by atoms with Crippen LogP contribution in [-0.2, 0) is 16.0 Å². The zero-order valence-electron chi connectivity index (χ0n) is 10.7. The average molecular weight is 276 g/mol. The number of carboxylic acid groups (broad SMARTS) is 1. The van der Waals surface area contributed by atoms with Crippen molar-refractivity contribution in [2.24, 2.45) is 5.73 Å². The van der Waals surface area contributed by atoms with Gasteiger partial charge in [0.05, 0.1) is 6.17 Å².